The second-order valence-electron chi connectivity index (χ2n) is 6.93. The SMILES string of the molecule is COc1ccc(COC(=O)Cc2ccc3[nH]cc(CCN(C)C)c3c2)cc1. The number of nitrogens with one attached hydrogen (secondary N) is 1. The normalized spacial score (nSPS) is 11.1. The third-order valence-corrected chi connectivity index (χ3v) is 4.57. The lowest BCUT2D eigenvalue weighted by molar-refractivity contribution is -0.144. The molecule has 1 heterocycles. The summed E-state index contributed by atoms with van der Waals surface area (Å²) in [5.74, 6) is 0.561. The number of rotatable bonds is 8. The van der Waals surface area contributed by atoms with E-state index in [-0.39, 0.29) is 19.0 Å². The van der Waals surface area contributed by atoms with Crippen molar-refractivity contribution in [3.05, 3.63) is 65.4 Å². The molecule has 0 spiro atoms. The van der Waals surface area contributed by atoms with E-state index in [2.05, 4.69) is 36.2 Å². The lowest BCUT2D eigenvalue weighted by atomic mass is 10.1. The molecule has 1 N–H and O–H groups in total. The van der Waals surface area contributed by atoms with Gasteiger partial charge in [-0.3, -0.25) is 4.79 Å². The number of carbonyl (C=O) groups is 1. The molecule has 0 aliphatic heterocycles. The molecule has 0 aliphatic carbocycles. The smallest absolute Gasteiger partial charge is 0.310 e. The number of benzene rings is 2. The molecule has 3 aromatic rings. The predicted octanol–water partition coefficient (Wildman–Crippen LogP) is 3.57. The number of aromatic amines is 1. The summed E-state index contributed by atoms with van der Waals surface area (Å²) in [5.41, 5.74) is 4.27. The molecule has 142 valence electrons. The van der Waals surface area contributed by atoms with Gasteiger partial charge in [-0.1, -0.05) is 18.2 Å². The molecule has 0 unspecified atom stereocenters. The molecule has 0 saturated heterocycles. The predicted molar refractivity (Wildman–Crippen MR) is 107 cm³/mol. The van der Waals surface area contributed by atoms with E-state index in [4.69, 9.17) is 9.47 Å². The van der Waals surface area contributed by atoms with Crippen LogP contribution in [0, 0.1) is 0 Å². The van der Waals surface area contributed by atoms with E-state index in [0.29, 0.717) is 0 Å². The monoisotopic (exact) mass is 366 g/mol. The Morgan fingerprint density at radius 1 is 1.07 bits per heavy atom. The molecule has 0 aliphatic rings. The average Bonchev–Trinajstić information content (AvgIpc) is 3.07. The lowest BCUT2D eigenvalue weighted by Crippen LogP contribution is -2.14. The number of carbonyl (C=O) groups excluding carboxylic acids is 1. The maximum absolute atomic E-state index is 12.2. The Bertz CT molecular complexity index is 898. The van der Waals surface area contributed by atoms with Crippen molar-refractivity contribution < 1.29 is 14.3 Å². The number of methoxy groups -OCH3 is 1. The summed E-state index contributed by atoms with van der Waals surface area (Å²) in [5, 5.41) is 1.18. The lowest BCUT2D eigenvalue weighted by Gasteiger charge is -2.09. The fraction of sp³-hybridized carbons (Fsp3) is 0.318. The summed E-state index contributed by atoms with van der Waals surface area (Å²) in [6.07, 6.45) is 3.29. The number of likely N-dealkylation sites (N-methyl/N-ethyl adjacent to an activating group) is 1. The molecule has 1 aromatic heterocycles. The summed E-state index contributed by atoms with van der Waals surface area (Å²) in [6, 6.07) is 13.6. The Labute approximate surface area is 159 Å². The molecule has 0 atom stereocenters. The summed E-state index contributed by atoms with van der Waals surface area (Å²) in [4.78, 5) is 17.7. The molecule has 2 aromatic carbocycles. The van der Waals surface area contributed by atoms with E-state index >= 15 is 0 Å². The summed E-state index contributed by atoms with van der Waals surface area (Å²) < 4.78 is 10.5. The number of esters is 1. The van der Waals surface area contributed by atoms with Gasteiger partial charge in [0.15, 0.2) is 0 Å². The zero-order valence-electron chi connectivity index (χ0n) is 16.1. The molecule has 5 nitrogen and oxygen atoms in total. The van der Waals surface area contributed by atoms with Crippen molar-refractivity contribution in [2.24, 2.45) is 0 Å². The Kier molecular flexibility index (Phi) is 6.14. The number of H-pyrrole nitrogens is 1. The summed E-state index contributed by atoms with van der Waals surface area (Å²) >= 11 is 0. The highest BCUT2D eigenvalue weighted by Gasteiger charge is 2.09. The van der Waals surface area contributed by atoms with Crippen LogP contribution in [0.4, 0.5) is 0 Å². The average molecular weight is 366 g/mol. The third kappa shape index (κ3) is 5.11. The first kappa shape index (κ1) is 19.0. The standard InChI is InChI=1S/C22H26N2O3/c1-24(2)11-10-18-14-23-21-9-6-17(12-20(18)21)13-22(25)27-15-16-4-7-19(26-3)8-5-16/h4-9,12,14,23H,10-11,13,15H2,1-3H3. The highest BCUT2D eigenvalue weighted by molar-refractivity contribution is 5.85. The minimum Gasteiger partial charge on any atom is -0.497 e. The van der Waals surface area contributed by atoms with Gasteiger partial charge in [-0.2, -0.15) is 0 Å². The number of aromatic nitrogens is 1. The van der Waals surface area contributed by atoms with Crippen LogP contribution < -0.4 is 4.74 Å². The molecule has 0 saturated carbocycles. The molecule has 0 fully saturated rings. The van der Waals surface area contributed by atoms with Crippen LogP contribution in [0.1, 0.15) is 16.7 Å². The van der Waals surface area contributed by atoms with Crippen LogP contribution in [0.3, 0.4) is 0 Å². The number of nitrogens with zero attached hydrogens (tertiary/aromatic N) is 1. The Balaban J connectivity index is 1.61. The van der Waals surface area contributed by atoms with E-state index < -0.39 is 0 Å². The molecule has 0 bridgehead atoms. The fourth-order valence-corrected chi connectivity index (χ4v) is 2.99. The highest BCUT2D eigenvalue weighted by Crippen LogP contribution is 2.21. The largest absolute Gasteiger partial charge is 0.497 e. The van der Waals surface area contributed by atoms with Gasteiger partial charge in [0, 0.05) is 23.6 Å². The van der Waals surface area contributed by atoms with Gasteiger partial charge in [-0.25, -0.2) is 0 Å². The molecule has 0 amide bonds. The third-order valence-electron chi connectivity index (χ3n) is 4.57. The zero-order chi connectivity index (χ0) is 19.2. The van der Waals surface area contributed by atoms with Crippen LogP contribution in [0.15, 0.2) is 48.7 Å². The maximum Gasteiger partial charge on any atom is 0.310 e. The minimum atomic E-state index is -0.226. The van der Waals surface area contributed by atoms with Crippen LogP contribution in [0.5, 0.6) is 5.75 Å². The van der Waals surface area contributed by atoms with Crippen molar-refractivity contribution in [1.29, 1.82) is 0 Å². The molecule has 27 heavy (non-hydrogen) atoms. The van der Waals surface area contributed by atoms with Gasteiger partial charge >= 0.3 is 5.97 Å². The van der Waals surface area contributed by atoms with Gasteiger partial charge in [0.2, 0.25) is 0 Å². The van der Waals surface area contributed by atoms with E-state index in [0.717, 1.165) is 35.4 Å². The van der Waals surface area contributed by atoms with Gasteiger partial charge < -0.3 is 19.4 Å². The number of fused-ring (bicyclic) bond motifs is 1. The first-order valence-corrected chi connectivity index (χ1v) is 9.07. The Morgan fingerprint density at radius 2 is 1.81 bits per heavy atom. The number of ether oxygens (including phenoxy) is 2. The van der Waals surface area contributed by atoms with Crippen molar-refractivity contribution in [3.8, 4) is 5.75 Å². The van der Waals surface area contributed by atoms with Gasteiger partial charge in [0.25, 0.3) is 0 Å². The van der Waals surface area contributed by atoms with Crippen LogP contribution in [0.25, 0.3) is 10.9 Å². The fourth-order valence-electron chi connectivity index (χ4n) is 2.99. The first-order chi connectivity index (χ1) is 13.0. The molecule has 3 rings (SSSR count). The number of hydrogen-bond acceptors (Lipinski definition) is 4. The van der Waals surface area contributed by atoms with Crippen LogP contribution >= 0.6 is 0 Å². The van der Waals surface area contributed by atoms with Crippen LogP contribution in [0.2, 0.25) is 0 Å². The molecule has 0 radical (unpaired) electrons. The van der Waals surface area contributed by atoms with Crippen molar-refractivity contribution in [2.75, 3.05) is 27.7 Å². The molecular formula is C22H26N2O3. The maximum atomic E-state index is 12.2. The van der Waals surface area contributed by atoms with Gasteiger partial charge in [0.05, 0.1) is 13.5 Å². The van der Waals surface area contributed by atoms with E-state index in [1.54, 1.807) is 7.11 Å². The highest BCUT2D eigenvalue weighted by atomic mass is 16.5. The Morgan fingerprint density at radius 3 is 2.52 bits per heavy atom. The van der Waals surface area contributed by atoms with Crippen molar-refractivity contribution >= 4 is 16.9 Å². The second-order valence-corrected chi connectivity index (χ2v) is 6.93. The molecular weight excluding hydrogens is 340 g/mol. The van der Waals surface area contributed by atoms with Crippen molar-refractivity contribution in [2.45, 2.75) is 19.4 Å². The zero-order valence-corrected chi connectivity index (χ0v) is 16.1. The summed E-state index contributed by atoms with van der Waals surface area (Å²) in [6.45, 7) is 1.25. The van der Waals surface area contributed by atoms with E-state index in [9.17, 15) is 4.79 Å². The van der Waals surface area contributed by atoms with Crippen LogP contribution in [-0.4, -0.2) is 43.6 Å². The molecule has 5 heteroatoms. The van der Waals surface area contributed by atoms with E-state index in [1.165, 1.54) is 10.9 Å². The number of hydrogen-bond donors (Lipinski definition) is 1. The summed E-state index contributed by atoms with van der Waals surface area (Å²) in [7, 11) is 5.76. The van der Waals surface area contributed by atoms with Crippen molar-refractivity contribution in [3.63, 3.8) is 0 Å². The van der Waals surface area contributed by atoms with Crippen molar-refractivity contribution in [1.82, 2.24) is 9.88 Å². The van der Waals surface area contributed by atoms with Gasteiger partial charge in [-0.05, 0) is 61.5 Å². The van der Waals surface area contributed by atoms with E-state index in [1.807, 2.05) is 36.4 Å². The van der Waals surface area contributed by atoms with Crippen LogP contribution in [-0.2, 0) is 29.0 Å². The topological polar surface area (TPSA) is 54.6 Å². The van der Waals surface area contributed by atoms with Gasteiger partial charge in [-0.15, -0.1) is 0 Å². The van der Waals surface area contributed by atoms with Gasteiger partial charge in [0.1, 0.15) is 12.4 Å². The quantitative estimate of drug-likeness (QED) is 0.619. The first-order valence-electron chi connectivity index (χ1n) is 9.07. The minimum absolute atomic E-state index is 0.226. The Hall–Kier alpha value is -2.79. The second kappa shape index (κ2) is 8.73.